The van der Waals surface area contributed by atoms with Crippen molar-refractivity contribution in [3.63, 3.8) is 0 Å². The second-order valence-electron chi connectivity index (χ2n) is 5.21. The van der Waals surface area contributed by atoms with Gasteiger partial charge >= 0.3 is 0 Å². The van der Waals surface area contributed by atoms with E-state index in [-0.39, 0.29) is 0 Å². The lowest BCUT2D eigenvalue weighted by Crippen LogP contribution is -1.98. The van der Waals surface area contributed by atoms with Crippen LogP contribution in [0, 0.1) is 0 Å². The van der Waals surface area contributed by atoms with Gasteiger partial charge in [0.1, 0.15) is 5.69 Å². The van der Waals surface area contributed by atoms with Gasteiger partial charge in [-0.1, -0.05) is 48.5 Å². The third-order valence-electron chi connectivity index (χ3n) is 3.79. The lowest BCUT2D eigenvalue weighted by atomic mass is 9.96. The molecule has 0 saturated heterocycles. The van der Waals surface area contributed by atoms with Crippen molar-refractivity contribution in [1.29, 1.82) is 0 Å². The van der Waals surface area contributed by atoms with E-state index >= 15 is 0 Å². The Bertz CT molecular complexity index is 991. The van der Waals surface area contributed by atoms with Crippen molar-refractivity contribution in [1.82, 2.24) is 20.4 Å². The summed E-state index contributed by atoms with van der Waals surface area (Å²) in [7, 11) is 0. The third kappa shape index (κ3) is 2.08. The van der Waals surface area contributed by atoms with Crippen molar-refractivity contribution >= 4 is 22.5 Å². The molecule has 2 heterocycles. The van der Waals surface area contributed by atoms with E-state index in [2.05, 4.69) is 20.4 Å². The smallest absolute Gasteiger partial charge is 0.180 e. The Morgan fingerprint density at radius 1 is 0.826 bits per heavy atom. The van der Waals surface area contributed by atoms with Crippen LogP contribution in [-0.4, -0.2) is 20.4 Å². The highest BCUT2D eigenvalue weighted by Crippen LogP contribution is 2.38. The molecule has 0 fully saturated rings. The van der Waals surface area contributed by atoms with Crippen LogP contribution in [0.25, 0.3) is 33.4 Å². The van der Waals surface area contributed by atoms with Crippen molar-refractivity contribution in [2.75, 3.05) is 11.5 Å². The predicted octanol–water partition coefficient (Wildman–Crippen LogP) is 2.85. The standard InChI is InChI=1S/C17H14N6/c18-12-9-5-4-8-11(12)15-13(10-6-2-1-3-7-10)14-16(19)21-23-17(14)22-20-15/h1-9H,18H2,(H3,19,21,22,23). The van der Waals surface area contributed by atoms with E-state index in [9.17, 15) is 0 Å². The second-order valence-corrected chi connectivity index (χ2v) is 5.21. The zero-order valence-corrected chi connectivity index (χ0v) is 12.2. The Hall–Kier alpha value is -3.41. The Kier molecular flexibility index (Phi) is 2.94. The second kappa shape index (κ2) is 5.10. The zero-order chi connectivity index (χ0) is 15.8. The number of aromatic nitrogens is 4. The highest BCUT2D eigenvalue weighted by molar-refractivity contribution is 6.05. The number of nitrogens with one attached hydrogen (secondary N) is 1. The number of nitrogens with zero attached hydrogens (tertiary/aromatic N) is 3. The molecule has 6 heteroatoms. The van der Waals surface area contributed by atoms with Crippen LogP contribution in [0.4, 0.5) is 11.5 Å². The minimum atomic E-state index is 0.393. The summed E-state index contributed by atoms with van der Waals surface area (Å²) < 4.78 is 0. The lowest BCUT2D eigenvalue weighted by molar-refractivity contribution is 1.03. The minimum Gasteiger partial charge on any atom is -0.398 e. The maximum atomic E-state index is 6.13. The number of rotatable bonds is 2. The number of hydrogen-bond donors (Lipinski definition) is 3. The van der Waals surface area contributed by atoms with Crippen LogP contribution in [0.2, 0.25) is 0 Å². The molecule has 0 spiro atoms. The normalized spacial score (nSPS) is 11.0. The molecule has 2 aromatic heterocycles. The van der Waals surface area contributed by atoms with Crippen LogP contribution in [-0.2, 0) is 0 Å². The largest absolute Gasteiger partial charge is 0.398 e. The van der Waals surface area contributed by atoms with E-state index < -0.39 is 0 Å². The molecular weight excluding hydrogens is 288 g/mol. The van der Waals surface area contributed by atoms with Gasteiger partial charge in [0.05, 0.1) is 5.39 Å². The summed E-state index contributed by atoms with van der Waals surface area (Å²) in [5, 5.41) is 16.2. The number of nitrogens with two attached hydrogens (primary N) is 2. The Balaban J connectivity index is 2.13. The summed E-state index contributed by atoms with van der Waals surface area (Å²) in [5.41, 5.74) is 16.8. The van der Waals surface area contributed by atoms with Crippen molar-refractivity contribution in [2.45, 2.75) is 0 Å². The number of aromatic amines is 1. The monoisotopic (exact) mass is 302 g/mol. The van der Waals surface area contributed by atoms with Crippen LogP contribution in [0.5, 0.6) is 0 Å². The van der Waals surface area contributed by atoms with E-state index in [0.29, 0.717) is 22.8 Å². The summed E-state index contributed by atoms with van der Waals surface area (Å²) in [6.45, 7) is 0. The fourth-order valence-corrected chi connectivity index (χ4v) is 2.72. The summed E-state index contributed by atoms with van der Waals surface area (Å²) in [6.07, 6.45) is 0. The van der Waals surface area contributed by atoms with Crippen molar-refractivity contribution in [3.05, 3.63) is 54.6 Å². The fraction of sp³-hybridized carbons (Fsp3) is 0. The quantitative estimate of drug-likeness (QED) is 0.494. The maximum Gasteiger partial charge on any atom is 0.180 e. The summed E-state index contributed by atoms with van der Waals surface area (Å²) >= 11 is 0. The van der Waals surface area contributed by atoms with Crippen LogP contribution < -0.4 is 11.5 Å². The van der Waals surface area contributed by atoms with Gasteiger partial charge in [-0.25, -0.2) is 0 Å². The Labute approximate surface area is 132 Å². The summed E-state index contributed by atoms with van der Waals surface area (Å²) in [6, 6.07) is 17.5. The van der Waals surface area contributed by atoms with Gasteiger partial charge in [0.15, 0.2) is 11.5 Å². The molecule has 0 amide bonds. The number of benzene rings is 2. The molecule has 0 bridgehead atoms. The van der Waals surface area contributed by atoms with Gasteiger partial charge in [0.2, 0.25) is 0 Å². The Morgan fingerprint density at radius 2 is 1.57 bits per heavy atom. The molecule has 0 aliphatic carbocycles. The molecule has 0 atom stereocenters. The molecule has 0 aliphatic rings. The average Bonchev–Trinajstić information content (AvgIpc) is 2.97. The van der Waals surface area contributed by atoms with Gasteiger partial charge in [-0.3, -0.25) is 5.10 Å². The van der Waals surface area contributed by atoms with E-state index in [1.54, 1.807) is 0 Å². The topological polar surface area (TPSA) is 106 Å². The highest BCUT2D eigenvalue weighted by atomic mass is 15.2. The third-order valence-corrected chi connectivity index (χ3v) is 3.79. The van der Waals surface area contributed by atoms with Gasteiger partial charge in [0.25, 0.3) is 0 Å². The predicted molar refractivity (Wildman–Crippen MR) is 91.4 cm³/mol. The van der Waals surface area contributed by atoms with Crippen molar-refractivity contribution in [2.24, 2.45) is 0 Å². The molecule has 112 valence electrons. The zero-order valence-electron chi connectivity index (χ0n) is 12.2. The van der Waals surface area contributed by atoms with Gasteiger partial charge < -0.3 is 11.5 Å². The number of anilines is 2. The first-order valence-electron chi connectivity index (χ1n) is 7.16. The number of hydrogen-bond acceptors (Lipinski definition) is 5. The molecule has 0 unspecified atom stereocenters. The van der Waals surface area contributed by atoms with Crippen LogP contribution in [0.15, 0.2) is 54.6 Å². The molecule has 4 rings (SSSR count). The van der Waals surface area contributed by atoms with E-state index in [4.69, 9.17) is 11.5 Å². The fourth-order valence-electron chi connectivity index (χ4n) is 2.72. The molecule has 23 heavy (non-hydrogen) atoms. The molecule has 2 aromatic carbocycles. The number of H-pyrrole nitrogens is 1. The van der Waals surface area contributed by atoms with E-state index in [1.807, 2.05) is 54.6 Å². The highest BCUT2D eigenvalue weighted by Gasteiger charge is 2.19. The molecule has 0 saturated carbocycles. The molecule has 0 aliphatic heterocycles. The van der Waals surface area contributed by atoms with Gasteiger partial charge in [-0.05, 0) is 11.6 Å². The number of fused-ring (bicyclic) bond motifs is 1. The minimum absolute atomic E-state index is 0.393. The first kappa shape index (κ1) is 13.3. The first-order chi connectivity index (χ1) is 11.3. The van der Waals surface area contributed by atoms with Gasteiger partial charge in [0, 0.05) is 16.8 Å². The van der Waals surface area contributed by atoms with Crippen molar-refractivity contribution in [3.8, 4) is 22.4 Å². The SMILES string of the molecule is Nc1ccccc1-c1nnc2[nH]nc(N)c2c1-c1ccccc1. The number of para-hydroxylation sites is 1. The summed E-state index contributed by atoms with van der Waals surface area (Å²) in [4.78, 5) is 0. The van der Waals surface area contributed by atoms with Crippen LogP contribution in [0.1, 0.15) is 0 Å². The Morgan fingerprint density at radius 3 is 2.35 bits per heavy atom. The summed E-state index contributed by atoms with van der Waals surface area (Å²) in [5.74, 6) is 0.393. The van der Waals surface area contributed by atoms with Gasteiger partial charge in [-0.15, -0.1) is 10.2 Å². The maximum absolute atomic E-state index is 6.13. The molecule has 5 N–H and O–H groups in total. The first-order valence-corrected chi connectivity index (χ1v) is 7.16. The van der Waals surface area contributed by atoms with Crippen LogP contribution >= 0.6 is 0 Å². The average molecular weight is 302 g/mol. The lowest BCUT2D eigenvalue weighted by Gasteiger charge is -2.11. The van der Waals surface area contributed by atoms with Crippen LogP contribution in [0.3, 0.4) is 0 Å². The molecule has 6 nitrogen and oxygen atoms in total. The molecular formula is C17H14N6. The van der Waals surface area contributed by atoms with Gasteiger partial charge in [-0.2, -0.15) is 5.10 Å². The molecule has 0 radical (unpaired) electrons. The molecule has 4 aromatic rings. The van der Waals surface area contributed by atoms with E-state index in [0.717, 1.165) is 22.1 Å². The number of nitrogen functional groups attached to an aromatic ring is 2. The van der Waals surface area contributed by atoms with Crippen molar-refractivity contribution < 1.29 is 0 Å². The van der Waals surface area contributed by atoms with E-state index in [1.165, 1.54) is 0 Å².